The predicted octanol–water partition coefficient (Wildman–Crippen LogP) is 9.31. The fraction of sp³-hybridized carbons (Fsp3) is 0.429. The highest BCUT2D eigenvalue weighted by Crippen LogP contribution is 2.46. The van der Waals surface area contributed by atoms with Gasteiger partial charge in [0.05, 0.1) is 30.9 Å². The number of carbonyl (C=O) groups is 2. The summed E-state index contributed by atoms with van der Waals surface area (Å²) in [4.78, 5) is 32.4. The lowest BCUT2D eigenvalue weighted by Crippen LogP contribution is -2.21. The number of carboxylic acid groups (broad SMARTS) is 1. The second-order valence-electron chi connectivity index (χ2n) is 14.6. The summed E-state index contributed by atoms with van der Waals surface area (Å²) in [6.45, 7) is 4.81. The molecular formula is C42H45ClF3N3O6. The summed E-state index contributed by atoms with van der Waals surface area (Å²) in [7, 11) is 2.88. The van der Waals surface area contributed by atoms with Crippen LogP contribution in [0.2, 0.25) is 5.02 Å². The molecule has 292 valence electrons. The summed E-state index contributed by atoms with van der Waals surface area (Å²) in [5, 5.41) is 13.5. The Morgan fingerprint density at radius 2 is 1.65 bits per heavy atom. The van der Waals surface area contributed by atoms with E-state index in [4.69, 9.17) is 30.8 Å². The molecule has 6 rings (SSSR count). The number of ether oxygens (including phenoxy) is 3. The lowest BCUT2D eigenvalue weighted by molar-refractivity contribution is -0.143. The van der Waals surface area contributed by atoms with Crippen LogP contribution >= 0.6 is 11.6 Å². The van der Waals surface area contributed by atoms with Crippen LogP contribution in [0.1, 0.15) is 79.9 Å². The van der Waals surface area contributed by atoms with Crippen LogP contribution in [0.15, 0.2) is 54.6 Å². The molecule has 2 aromatic heterocycles. The number of aromatic nitrogens is 2. The van der Waals surface area contributed by atoms with Crippen LogP contribution in [0.3, 0.4) is 0 Å². The summed E-state index contributed by atoms with van der Waals surface area (Å²) in [6.07, 6.45) is -2.23. The van der Waals surface area contributed by atoms with Crippen molar-refractivity contribution in [3.05, 3.63) is 87.4 Å². The highest BCUT2D eigenvalue weighted by molar-refractivity contribution is 6.36. The van der Waals surface area contributed by atoms with Crippen LogP contribution in [-0.4, -0.2) is 47.6 Å². The molecule has 55 heavy (non-hydrogen) atoms. The Labute approximate surface area is 323 Å². The van der Waals surface area contributed by atoms with E-state index in [1.54, 1.807) is 21.0 Å². The van der Waals surface area contributed by atoms with E-state index in [9.17, 15) is 27.9 Å². The fourth-order valence-corrected chi connectivity index (χ4v) is 8.02. The molecule has 4 aromatic rings. The van der Waals surface area contributed by atoms with Gasteiger partial charge in [-0.15, -0.1) is 0 Å². The molecular weight excluding hydrogens is 735 g/mol. The van der Waals surface area contributed by atoms with Gasteiger partial charge >= 0.3 is 12.1 Å². The first-order chi connectivity index (χ1) is 26.3. The molecule has 2 aliphatic rings. The average Bonchev–Trinajstić information content (AvgIpc) is 3.76. The van der Waals surface area contributed by atoms with Crippen molar-refractivity contribution in [3.63, 3.8) is 0 Å². The molecule has 0 aliphatic heterocycles. The number of nitrogens with one attached hydrogen (secondary N) is 1. The first-order valence-corrected chi connectivity index (χ1v) is 18.9. The summed E-state index contributed by atoms with van der Waals surface area (Å²) < 4.78 is 60.6. The van der Waals surface area contributed by atoms with E-state index in [-0.39, 0.29) is 30.2 Å². The van der Waals surface area contributed by atoms with Crippen LogP contribution in [0, 0.1) is 17.8 Å². The monoisotopic (exact) mass is 779 g/mol. The Balaban J connectivity index is 1.25. The largest absolute Gasteiger partial charge is 0.481 e. The first-order valence-electron chi connectivity index (χ1n) is 18.5. The van der Waals surface area contributed by atoms with Crippen molar-refractivity contribution in [2.75, 3.05) is 20.8 Å². The van der Waals surface area contributed by atoms with Crippen LogP contribution in [0.4, 0.5) is 13.2 Å². The van der Waals surface area contributed by atoms with E-state index >= 15 is 0 Å². The lowest BCUT2D eigenvalue weighted by atomic mass is 9.89. The van der Waals surface area contributed by atoms with Crippen LogP contribution in [0.5, 0.6) is 17.6 Å². The Hall–Kier alpha value is -4.68. The molecule has 9 nitrogen and oxygen atoms in total. The van der Waals surface area contributed by atoms with Gasteiger partial charge in [-0.05, 0) is 79.3 Å². The number of hydrogen-bond donors (Lipinski definition) is 2. The second kappa shape index (κ2) is 17.0. The van der Waals surface area contributed by atoms with Crippen molar-refractivity contribution < 1.29 is 42.1 Å². The van der Waals surface area contributed by atoms with Gasteiger partial charge in [0.15, 0.2) is 0 Å². The van der Waals surface area contributed by atoms with Crippen LogP contribution in [0.25, 0.3) is 22.4 Å². The maximum Gasteiger partial charge on any atom is 0.421 e. The van der Waals surface area contributed by atoms with E-state index < -0.39 is 35.6 Å². The zero-order valence-corrected chi connectivity index (χ0v) is 32.0. The molecule has 0 radical (unpaired) electrons. The van der Waals surface area contributed by atoms with Gasteiger partial charge in [0, 0.05) is 41.6 Å². The number of hydrogen-bond acceptors (Lipinski definition) is 8. The van der Waals surface area contributed by atoms with Gasteiger partial charge in [-0.25, -0.2) is 4.98 Å². The number of Topliss-reactive ketones (excluding diaryl/α,β-unsaturated/α-hetero) is 1. The molecule has 2 N–H and O–H groups in total. The van der Waals surface area contributed by atoms with Crippen molar-refractivity contribution in [2.45, 2.75) is 77.6 Å². The molecule has 13 heteroatoms. The van der Waals surface area contributed by atoms with Crippen molar-refractivity contribution in [3.8, 4) is 40.0 Å². The third kappa shape index (κ3) is 8.91. The number of aliphatic carboxylic acids is 1. The Bertz CT molecular complexity index is 2060. The SMILES string of the molecule is COc1nc(-c2cccc(-c3cccc4c3CC[C@@H]4Oc3nc(OC)c(CC[C@H](C(=O)O)C(C)C)cc3C(F)(F)F)c2Cl)ccc1CNC[C@@H]1CCC(=O)C1. The van der Waals surface area contributed by atoms with Gasteiger partial charge in [0.1, 0.15) is 17.5 Å². The van der Waals surface area contributed by atoms with Crippen molar-refractivity contribution in [1.29, 1.82) is 0 Å². The second-order valence-corrected chi connectivity index (χ2v) is 14.9. The van der Waals surface area contributed by atoms with E-state index in [0.29, 0.717) is 66.1 Å². The van der Waals surface area contributed by atoms with Gasteiger partial charge in [0.2, 0.25) is 17.6 Å². The number of methoxy groups -OCH3 is 2. The van der Waals surface area contributed by atoms with Gasteiger partial charge in [-0.3, -0.25) is 9.59 Å². The van der Waals surface area contributed by atoms with E-state index in [1.807, 2.05) is 48.5 Å². The minimum absolute atomic E-state index is 0.0391. The van der Waals surface area contributed by atoms with Crippen LogP contribution in [-0.2, 0) is 35.2 Å². The highest BCUT2D eigenvalue weighted by atomic mass is 35.5. The molecule has 0 spiro atoms. The number of fused-ring (bicyclic) bond motifs is 1. The fourth-order valence-electron chi connectivity index (χ4n) is 7.69. The number of carboxylic acids is 1. The minimum Gasteiger partial charge on any atom is -0.481 e. The van der Waals surface area contributed by atoms with Gasteiger partial charge in [-0.1, -0.05) is 67.9 Å². The van der Waals surface area contributed by atoms with E-state index in [2.05, 4.69) is 10.3 Å². The lowest BCUT2D eigenvalue weighted by Gasteiger charge is -2.21. The normalized spacial score (nSPS) is 17.4. The number of carbonyl (C=O) groups excluding carboxylic acids is 1. The molecule has 3 atom stereocenters. The molecule has 1 fully saturated rings. The van der Waals surface area contributed by atoms with Gasteiger partial charge in [-0.2, -0.15) is 18.2 Å². The average molecular weight is 780 g/mol. The third-order valence-corrected chi connectivity index (χ3v) is 11.0. The topological polar surface area (TPSA) is 120 Å². The Morgan fingerprint density at radius 3 is 2.33 bits per heavy atom. The number of ketones is 1. The quantitative estimate of drug-likeness (QED) is 0.122. The van der Waals surface area contributed by atoms with Crippen molar-refractivity contribution >= 4 is 23.4 Å². The van der Waals surface area contributed by atoms with Crippen molar-refractivity contribution in [2.24, 2.45) is 17.8 Å². The molecule has 1 saturated carbocycles. The maximum absolute atomic E-state index is 14.5. The van der Waals surface area contributed by atoms with Gasteiger partial charge in [0.25, 0.3) is 0 Å². The molecule has 2 heterocycles. The number of aryl methyl sites for hydroxylation is 1. The number of pyridine rings is 2. The van der Waals surface area contributed by atoms with E-state index in [0.717, 1.165) is 46.8 Å². The summed E-state index contributed by atoms with van der Waals surface area (Å²) in [5.74, 6) is -1.45. The zero-order chi connectivity index (χ0) is 39.4. The Morgan fingerprint density at radius 1 is 0.945 bits per heavy atom. The van der Waals surface area contributed by atoms with Gasteiger partial charge < -0.3 is 24.6 Å². The van der Waals surface area contributed by atoms with E-state index in [1.165, 1.54) is 7.11 Å². The number of benzene rings is 2. The number of alkyl halides is 3. The molecule has 2 aliphatic carbocycles. The minimum atomic E-state index is -4.78. The zero-order valence-electron chi connectivity index (χ0n) is 31.3. The molecule has 0 saturated heterocycles. The molecule has 2 aromatic carbocycles. The summed E-state index contributed by atoms with van der Waals surface area (Å²) in [5.41, 5.74) is 4.53. The third-order valence-electron chi connectivity index (χ3n) is 10.6. The Kier molecular flexibility index (Phi) is 12.4. The molecule has 0 unspecified atom stereocenters. The molecule has 0 amide bonds. The number of nitrogens with zero attached hydrogens (tertiary/aromatic N) is 2. The first kappa shape index (κ1) is 40.0. The smallest absolute Gasteiger partial charge is 0.421 e. The highest BCUT2D eigenvalue weighted by Gasteiger charge is 2.39. The maximum atomic E-state index is 14.5. The number of rotatable bonds is 15. The van der Waals surface area contributed by atoms with Crippen molar-refractivity contribution in [1.82, 2.24) is 15.3 Å². The summed E-state index contributed by atoms with van der Waals surface area (Å²) in [6, 6.07) is 16.1. The standard InChI is InChI=1S/C42H45ClF3N3O6/c1-23(2)28(41(51)52)15-12-25-20-34(42(44,45)46)40(49-38(25)53-3)55-36-18-16-30-29(7-5-8-31(30)36)32-9-6-10-33(37(32)43)35-17-13-26(39(48-35)54-4)22-47-21-24-11-14-27(50)19-24/h5-10,13,17,20,23-24,28,36,47H,11-12,14-16,18-19,21-22H2,1-4H3,(H,51,52)/t24-,28+,36+/m1/s1. The number of halogens is 4. The van der Waals surface area contributed by atoms with Crippen LogP contribution < -0.4 is 19.5 Å². The summed E-state index contributed by atoms with van der Waals surface area (Å²) >= 11 is 7.11. The molecule has 0 bridgehead atoms. The predicted molar refractivity (Wildman–Crippen MR) is 202 cm³/mol.